The Morgan fingerprint density at radius 1 is 0.218 bits per heavy atom. The second kappa shape index (κ2) is 52.5. The standard InChI is InChI=1S/C23H36O2.2C22H34O2.2C20H30O5.C20H30O4/c1-16-15-19(9-7-11-22(4,5)6)20(18(3)17(16)2)10-8-12-23(13-14-23)21(24)25;1-16-10-11-17(2)19(18(16)8-6-12-21(3,4)5)9-7-13-22(14-15-22)20(23)24;1-16-14-17(2)19(9-7-10-21(3,4)5)18(15-16)8-6-11-22(12-13-22)20(23)24;1-19(2,3)8-5-7-14-13(12-15(21)17(23)16(14)22)6-4-9-20(10-11-20)18(24)25;1-19(2,3)8-4-6-13-12-15(21)17(23)16(22)14(13)7-5-9-20(10-11-20)18(24)25;1-19(2,3)10-4-6-14-15(17(22)9-8-16(14)21)7-5-11-20(12-13-20)18(23)24/h15H,7-14H2,1-6H3,(H,24,25);10-11H,6-9,12-15H2,1-5H3,(H,23,24);14-15H,6-13H2,1-5H3,(H,23,24);2*12,21-23H,4-11H2,1-3H3,(H,24,25);8-9,21-22H,4-7,10-13H2,1-3H3,(H,23,24). The lowest BCUT2D eigenvalue weighted by atomic mass is 9.85. The van der Waals surface area contributed by atoms with Crippen molar-refractivity contribution in [2.45, 2.75) is 481 Å². The lowest BCUT2D eigenvalue weighted by molar-refractivity contribution is -0.144. The molecular weight excluding hydrogens is 1850 g/mol. The number of hydrogen-bond acceptors (Lipinski definition) is 14. The van der Waals surface area contributed by atoms with Crippen LogP contribution < -0.4 is 0 Å². The van der Waals surface area contributed by atoms with Gasteiger partial charge in [-0.25, -0.2) is 0 Å². The molecule has 6 aromatic rings. The minimum atomic E-state index is -0.740. The van der Waals surface area contributed by atoms with Crippen molar-refractivity contribution in [2.75, 3.05) is 0 Å². The number of phenolic OH excluding ortho intramolecular Hbond substituents is 8. The van der Waals surface area contributed by atoms with E-state index < -0.39 is 63.6 Å². The third-order valence-corrected chi connectivity index (χ3v) is 32.8. The fourth-order valence-corrected chi connectivity index (χ4v) is 21.6. The summed E-state index contributed by atoms with van der Waals surface area (Å²) < 4.78 is 0. The predicted octanol–water partition coefficient (Wildman–Crippen LogP) is 31.3. The molecule has 0 aliphatic heterocycles. The number of phenols is 8. The number of benzene rings is 6. The molecule has 20 nitrogen and oxygen atoms in total. The zero-order chi connectivity index (χ0) is 110. The fraction of sp³-hybridized carbons (Fsp3) is 0.669. The van der Waals surface area contributed by atoms with Gasteiger partial charge in [0.05, 0.1) is 32.5 Å². The van der Waals surface area contributed by atoms with E-state index in [0.717, 1.165) is 215 Å². The average Bonchev–Trinajstić information content (AvgIpc) is 1.63. The monoisotopic (exact) mass is 2040 g/mol. The van der Waals surface area contributed by atoms with E-state index in [-0.39, 0.29) is 67.0 Å². The van der Waals surface area contributed by atoms with Gasteiger partial charge < -0.3 is 71.5 Å². The summed E-state index contributed by atoms with van der Waals surface area (Å²) in [4.78, 5) is 67.9. The van der Waals surface area contributed by atoms with E-state index in [1.54, 1.807) is 6.07 Å². The quantitative estimate of drug-likeness (QED) is 0.0125. The molecule has 822 valence electrons. The molecule has 6 aliphatic carbocycles. The van der Waals surface area contributed by atoms with Gasteiger partial charge in [-0.15, -0.1) is 0 Å². The first-order valence-electron chi connectivity index (χ1n) is 55.8. The van der Waals surface area contributed by atoms with Gasteiger partial charge >= 0.3 is 35.8 Å². The van der Waals surface area contributed by atoms with Gasteiger partial charge in [0.25, 0.3) is 0 Å². The first-order valence-corrected chi connectivity index (χ1v) is 55.8. The maximum absolute atomic E-state index is 11.4. The highest BCUT2D eigenvalue weighted by Crippen LogP contribution is 2.56. The van der Waals surface area contributed by atoms with Gasteiger partial charge in [-0.1, -0.05) is 161 Å². The van der Waals surface area contributed by atoms with E-state index in [0.29, 0.717) is 104 Å². The molecular formula is C127H194O20. The molecule has 0 atom stereocenters. The van der Waals surface area contributed by atoms with E-state index in [1.165, 1.54) is 129 Å². The fourth-order valence-electron chi connectivity index (χ4n) is 21.6. The Bertz CT molecular complexity index is 5170. The zero-order valence-corrected chi connectivity index (χ0v) is 95.3. The Kier molecular flexibility index (Phi) is 44.5. The molecule has 12 rings (SSSR count). The zero-order valence-electron chi connectivity index (χ0n) is 95.3. The number of aryl methyl sites for hydroxylation is 9. The maximum atomic E-state index is 11.4. The molecule has 0 spiro atoms. The summed E-state index contributed by atoms with van der Waals surface area (Å²) >= 11 is 0. The lowest BCUT2D eigenvalue weighted by Crippen LogP contribution is -2.15. The van der Waals surface area contributed by atoms with Crippen molar-refractivity contribution < 1.29 is 100 Å². The van der Waals surface area contributed by atoms with Gasteiger partial charge in [0.15, 0.2) is 23.0 Å². The van der Waals surface area contributed by atoms with Crippen LogP contribution in [-0.2, 0) is 106 Å². The van der Waals surface area contributed by atoms with Crippen LogP contribution in [-0.4, -0.2) is 107 Å². The largest absolute Gasteiger partial charge is 0.508 e. The van der Waals surface area contributed by atoms with Crippen LogP contribution in [0.2, 0.25) is 0 Å². The van der Waals surface area contributed by atoms with E-state index >= 15 is 0 Å². The Morgan fingerprint density at radius 3 is 0.714 bits per heavy atom. The Balaban J connectivity index is 0.000000239. The average molecular weight is 2040 g/mol. The molecule has 6 fully saturated rings. The number of aliphatic carboxylic acids is 6. The van der Waals surface area contributed by atoms with Gasteiger partial charge in [-0.3, -0.25) is 28.8 Å². The van der Waals surface area contributed by atoms with Crippen LogP contribution in [0.3, 0.4) is 0 Å². The van der Waals surface area contributed by atoms with Crippen molar-refractivity contribution >= 4 is 35.8 Å². The van der Waals surface area contributed by atoms with Crippen LogP contribution in [0.4, 0.5) is 0 Å². The van der Waals surface area contributed by atoms with Crippen molar-refractivity contribution in [1.29, 1.82) is 0 Å². The minimum Gasteiger partial charge on any atom is -0.508 e. The number of carbonyl (C=O) groups is 6. The van der Waals surface area contributed by atoms with Crippen molar-refractivity contribution in [3.05, 3.63) is 160 Å². The summed E-state index contributed by atoms with van der Waals surface area (Å²) in [7, 11) is 0. The Morgan fingerprint density at radius 2 is 0.435 bits per heavy atom. The molecule has 147 heavy (non-hydrogen) atoms. The number of aromatic hydroxyl groups is 8. The molecule has 20 heteroatoms. The third kappa shape index (κ3) is 39.4. The maximum Gasteiger partial charge on any atom is 0.309 e. The van der Waals surface area contributed by atoms with Crippen LogP contribution in [0, 0.1) is 113 Å². The number of carboxylic acid groups (broad SMARTS) is 6. The molecule has 0 radical (unpaired) electrons. The molecule has 0 aromatic heterocycles. The van der Waals surface area contributed by atoms with Crippen molar-refractivity contribution in [3.8, 4) is 46.0 Å². The number of hydrogen-bond donors (Lipinski definition) is 14. The topological polar surface area (TPSA) is 386 Å². The van der Waals surface area contributed by atoms with Gasteiger partial charge in [0.2, 0.25) is 11.5 Å². The number of rotatable bonds is 48. The molecule has 0 saturated heterocycles. The van der Waals surface area contributed by atoms with E-state index in [1.807, 2.05) is 0 Å². The van der Waals surface area contributed by atoms with E-state index in [9.17, 15) is 100 Å². The summed E-state index contributed by atoms with van der Waals surface area (Å²) in [6, 6.07) is 17.6. The molecule has 0 unspecified atom stereocenters. The SMILES string of the molecule is CC(C)(C)CCCc1c(CCCC2(C(=O)O)CC2)cc(O)c(O)c1O.CC(C)(C)CCCc1c(O)ccc(O)c1CCCC1(C(=O)O)CC1.CC(C)(C)CCCc1cc(O)c(O)c(O)c1CCCC1(C(=O)O)CC1.Cc1cc(C)c(CCCC(C)(C)C)c(CCCC2(C(=O)O)CC2)c1.Cc1cc(CCCC(C)(C)C)c(CCCC2(C(=O)O)CC2)c(C)c1C.Cc1ccc(C)c(CCCC2(C(=O)O)CC2)c1CCCC(C)(C)C. The summed E-state index contributed by atoms with van der Waals surface area (Å²) in [5.41, 5.74) is 22.1. The summed E-state index contributed by atoms with van der Waals surface area (Å²) in [6.45, 7) is 55.8. The highest BCUT2D eigenvalue weighted by atomic mass is 16.4. The molecule has 0 bridgehead atoms. The van der Waals surface area contributed by atoms with Crippen LogP contribution in [0.5, 0.6) is 46.0 Å². The van der Waals surface area contributed by atoms with E-state index in [2.05, 4.69) is 203 Å². The van der Waals surface area contributed by atoms with Crippen LogP contribution >= 0.6 is 0 Å². The van der Waals surface area contributed by atoms with Gasteiger partial charge in [-0.2, -0.15) is 0 Å². The molecule has 14 N–H and O–H groups in total. The minimum absolute atomic E-state index is 0.189. The summed E-state index contributed by atoms with van der Waals surface area (Å²) in [5.74, 6) is -5.62. The van der Waals surface area contributed by atoms with Crippen LogP contribution in [0.25, 0.3) is 0 Å². The molecule has 0 amide bonds. The first-order chi connectivity index (χ1) is 68.1. The van der Waals surface area contributed by atoms with Gasteiger partial charge in [0, 0.05) is 22.3 Å². The van der Waals surface area contributed by atoms with Crippen LogP contribution in [0.15, 0.2) is 54.6 Å². The van der Waals surface area contributed by atoms with E-state index in [4.69, 9.17) is 0 Å². The second-order valence-electron chi connectivity index (χ2n) is 53.1. The molecule has 0 heterocycles. The Labute approximate surface area is 883 Å². The molecule has 6 saturated carbocycles. The van der Waals surface area contributed by atoms with Crippen molar-refractivity contribution in [1.82, 2.24) is 0 Å². The third-order valence-electron chi connectivity index (χ3n) is 32.8. The normalized spacial score (nSPS) is 16.1. The highest BCUT2D eigenvalue weighted by molar-refractivity contribution is 5.80. The summed E-state index contributed by atoms with van der Waals surface area (Å²) in [5, 5.41) is 136. The highest BCUT2D eigenvalue weighted by Gasteiger charge is 2.54. The van der Waals surface area contributed by atoms with Crippen molar-refractivity contribution in [3.63, 3.8) is 0 Å². The number of carboxylic acids is 6. The smallest absolute Gasteiger partial charge is 0.309 e. The Hall–Kier alpha value is -9.46. The second-order valence-corrected chi connectivity index (χ2v) is 53.1. The summed E-state index contributed by atoms with van der Waals surface area (Å²) in [6.07, 6.45) is 42.3. The van der Waals surface area contributed by atoms with Crippen LogP contribution in [0.1, 0.15) is 461 Å². The molecule has 6 aromatic carbocycles. The van der Waals surface area contributed by atoms with Crippen molar-refractivity contribution in [2.24, 2.45) is 65.0 Å². The predicted molar refractivity (Wildman–Crippen MR) is 593 cm³/mol. The first kappa shape index (κ1) is 124. The van der Waals surface area contributed by atoms with Gasteiger partial charge in [-0.05, 0) is 491 Å². The van der Waals surface area contributed by atoms with Gasteiger partial charge in [0.1, 0.15) is 11.5 Å². The lowest BCUT2D eigenvalue weighted by Gasteiger charge is -2.21. The molecule has 6 aliphatic rings.